The van der Waals surface area contributed by atoms with Gasteiger partial charge in [0.1, 0.15) is 5.82 Å². The van der Waals surface area contributed by atoms with Gasteiger partial charge in [-0.25, -0.2) is 4.98 Å². The van der Waals surface area contributed by atoms with Gasteiger partial charge in [-0.05, 0) is 41.9 Å². The second-order valence-corrected chi connectivity index (χ2v) is 4.95. The van der Waals surface area contributed by atoms with E-state index in [1.54, 1.807) is 10.8 Å². The molecule has 0 atom stereocenters. The van der Waals surface area contributed by atoms with Gasteiger partial charge < -0.3 is 0 Å². The van der Waals surface area contributed by atoms with Crippen molar-refractivity contribution in [3.05, 3.63) is 25.9 Å². The van der Waals surface area contributed by atoms with Crippen LogP contribution in [0.1, 0.15) is 26.1 Å². The summed E-state index contributed by atoms with van der Waals surface area (Å²) < 4.78 is 2.44. The minimum atomic E-state index is 0.0822. The van der Waals surface area contributed by atoms with Crippen LogP contribution in [0.25, 0.3) is 0 Å². The highest BCUT2D eigenvalue weighted by atomic mass is 127. The number of aromatic nitrogens is 2. The van der Waals surface area contributed by atoms with E-state index in [1.165, 1.54) is 0 Å². The van der Waals surface area contributed by atoms with Crippen LogP contribution in [0.15, 0.2) is 11.0 Å². The molecule has 0 bridgehead atoms. The van der Waals surface area contributed by atoms with Gasteiger partial charge in [0.05, 0.1) is 3.57 Å². The summed E-state index contributed by atoms with van der Waals surface area (Å²) in [6.45, 7) is 6.95. The number of nitrogens with zero attached hydrogens (tertiary/aromatic N) is 2. The Morgan fingerprint density at radius 1 is 1.57 bits per heavy atom. The summed E-state index contributed by atoms with van der Waals surface area (Å²) in [5.41, 5.74) is 0.0822. The lowest BCUT2D eigenvalue weighted by Gasteiger charge is -2.10. The molecule has 14 heavy (non-hydrogen) atoms. The standard InChI is InChI=1S/C10H15IN2O/c1-7(2)4-5-13-8(3)12-6-9(11)10(13)14/h6-7H,4-5H2,1-3H3. The minimum absolute atomic E-state index is 0.0822. The molecule has 0 aliphatic heterocycles. The average molecular weight is 306 g/mol. The molecule has 0 amide bonds. The van der Waals surface area contributed by atoms with Crippen molar-refractivity contribution in [2.24, 2.45) is 5.92 Å². The van der Waals surface area contributed by atoms with Crippen LogP contribution < -0.4 is 5.56 Å². The van der Waals surface area contributed by atoms with Gasteiger partial charge in [-0.1, -0.05) is 13.8 Å². The predicted octanol–water partition coefficient (Wildman–Crippen LogP) is 2.20. The van der Waals surface area contributed by atoms with Gasteiger partial charge in [-0.3, -0.25) is 9.36 Å². The van der Waals surface area contributed by atoms with E-state index >= 15 is 0 Å². The second kappa shape index (κ2) is 4.91. The molecule has 3 nitrogen and oxygen atoms in total. The molecule has 1 heterocycles. The van der Waals surface area contributed by atoms with E-state index in [4.69, 9.17) is 0 Å². The predicted molar refractivity (Wildman–Crippen MR) is 65.4 cm³/mol. The summed E-state index contributed by atoms with van der Waals surface area (Å²) in [6, 6.07) is 0. The summed E-state index contributed by atoms with van der Waals surface area (Å²) in [5, 5.41) is 0. The Balaban J connectivity index is 2.95. The lowest BCUT2D eigenvalue weighted by Crippen LogP contribution is -2.26. The third-order valence-electron chi connectivity index (χ3n) is 2.13. The van der Waals surface area contributed by atoms with E-state index in [1.807, 2.05) is 29.5 Å². The molecule has 0 aromatic carbocycles. The van der Waals surface area contributed by atoms with Gasteiger partial charge in [-0.2, -0.15) is 0 Å². The Kier molecular flexibility index (Phi) is 4.10. The molecule has 0 aliphatic rings. The molecule has 4 heteroatoms. The Hall–Kier alpha value is -0.390. The first-order valence-corrected chi connectivity index (χ1v) is 5.82. The van der Waals surface area contributed by atoms with Crippen LogP contribution in [-0.2, 0) is 6.54 Å². The fraction of sp³-hybridized carbons (Fsp3) is 0.600. The maximum Gasteiger partial charge on any atom is 0.266 e. The smallest absolute Gasteiger partial charge is 0.266 e. The largest absolute Gasteiger partial charge is 0.296 e. The molecule has 0 spiro atoms. The first-order valence-electron chi connectivity index (χ1n) is 4.74. The van der Waals surface area contributed by atoms with Gasteiger partial charge >= 0.3 is 0 Å². The molecule has 0 saturated heterocycles. The summed E-state index contributed by atoms with van der Waals surface area (Å²) >= 11 is 2.03. The molecular weight excluding hydrogens is 291 g/mol. The molecule has 0 radical (unpaired) electrons. The fourth-order valence-electron chi connectivity index (χ4n) is 1.20. The number of halogens is 1. The topological polar surface area (TPSA) is 34.9 Å². The van der Waals surface area contributed by atoms with Crippen LogP contribution in [0.5, 0.6) is 0 Å². The van der Waals surface area contributed by atoms with E-state index in [-0.39, 0.29) is 5.56 Å². The van der Waals surface area contributed by atoms with Gasteiger partial charge in [-0.15, -0.1) is 0 Å². The second-order valence-electron chi connectivity index (χ2n) is 3.79. The number of rotatable bonds is 3. The Labute approximate surface area is 97.7 Å². The molecule has 1 rings (SSSR count). The fourth-order valence-corrected chi connectivity index (χ4v) is 1.63. The molecule has 0 N–H and O–H groups in total. The van der Waals surface area contributed by atoms with Crippen molar-refractivity contribution in [1.82, 2.24) is 9.55 Å². The Bertz CT molecular complexity index is 371. The maximum atomic E-state index is 11.7. The highest BCUT2D eigenvalue weighted by molar-refractivity contribution is 14.1. The van der Waals surface area contributed by atoms with Crippen LogP contribution in [0.4, 0.5) is 0 Å². The number of hydrogen-bond acceptors (Lipinski definition) is 2. The van der Waals surface area contributed by atoms with Crippen molar-refractivity contribution in [3.8, 4) is 0 Å². The first kappa shape index (κ1) is 11.7. The molecule has 0 fully saturated rings. The molecule has 1 aromatic rings. The quantitative estimate of drug-likeness (QED) is 0.803. The van der Waals surface area contributed by atoms with Crippen molar-refractivity contribution >= 4 is 22.6 Å². The SMILES string of the molecule is Cc1ncc(I)c(=O)n1CCC(C)C. The average Bonchev–Trinajstić information content (AvgIpc) is 2.11. The van der Waals surface area contributed by atoms with Crippen molar-refractivity contribution < 1.29 is 0 Å². The third-order valence-corrected chi connectivity index (χ3v) is 2.87. The summed E-state index contributed by atoms with van der Waals surface area (Å²) in [5.74, 6) is 1.41. The summed E-state index contributed by atoms with van der Waals surface area (Å²) in [6.07, 6.45) is 2.65. The Morgan fingerprint density at radius 3 is 2.79 bits per heavy atom. The van der Waals surface area contributed by atoms with Gasteiger partial charge in [0, 0.05) is 12.7 Å². The molecule has 0 saturated carbocycles. The van der Waals surface area contributed by atoms with Gasteiger partial charge in [0.25, 0.3) is 5.56 Å². The van der Waals surface area contributed by atoms with Crippen LogP contribution in [0, 0.1) is 16.4 Å². The Morgan fingerprint density at radius 2 is 2.21 bits per heavy atom. The van der Waals surface area contributed by atoms with E-state index in [0.717, 1.165) is 18.8 Å². The number of aryl methyl sites for hydroxylation is 1. The van der Waals surface area contributed by atoms with Crippen molar-refractivity contribution in [3.63, 3.8) is 0 Å². The van der Waals surface area contributed by atoms with E-state index in [0.29, 0.717) is 9.49 Å². The summed E-state index contributed by atoms with van der Waals surface area (Å²) in [4.78, 5) is 15.9. The van der Waals surface area contributed by atoms with Crippen LogP contribution in [0.2, 0.25) is 0 Å². The van der Waals surface area contributed by atoms with Crippen LogP contribution in [0.3, 0.4) is 0 Å². The van der Waals surface area contributed by atoms with E-state index in [9.17, 15) is 4.79 Å². The zero-order valence-corrected chi connectivity index (χ0v) is 10.9. The van der Waals surface area contributed by atoms with Crippen LogP contribution in [-0.4, -0.2) is 9.55 Å². The molecule has 0 aliphatic carbocycles. The van der Waals surface area contributed by atoms with Crippen molar-refractivity contribution in [1.29, 1.82) is 0 Å². The highest BCUT2D eigenvalue weighted by Gasteiger charge is 2.05. The highest BCUT2D eigenvalue weighted by Crippen LogP contribution is 2.03. The first-order chi connectivity index (χ1) is 6.52. The van der Waals surface area contributed by atoms with Crippen LogP contribution >= 0.6 is 22.6 Å². The van der Waals surface area contributed by atoms with Gasteiger partial charge in [0.15, 0.2) is 0 Å². The minimum Gasteiger partial charge on any atom is -0.296 e. The normalized spacial score (nSPS) is 10.9. The summed E-state index contributed by atoms with van der Waals surface area (Å²) in [7, 11) is 0. The van der Waals surface area contributed by atoms with Gasteiger partial charge in [0.2, 0.25) is 0 Å². The number of hydrogen-bond donors (Lipinski definition) is 0. The zero-order chi connectivity index (χ0) is 10.7. The maximum absolute atomic E-state index is 11.7. The van der Waals surface area contributed by atoms with E-state index < -0.39 is 0 Å². The van der Waals surface area contributed by atoms with E-state index in [2.05, 4.69) is 18.8 Å². The molecule has 78 valence electrons. The molecule has 0 unspecified atom stereocenters. The zero-order valence-electron chi connectivity index (χ0n) is 8.75. The molecular formula is C10H15IN2O. The van der Waals surface area contributed by atoms with Crippen molar-refractivity contribution in [2.75, 3.05) is 0 Å². The lowest BCUT2D eigenvalue weighted by molar-refractivity contribution is 0.494. The third kappa shape index (κ3) is 2.80. The van der Waals surface area contributed by atoms with Crippen molar-refractivity contribution in [2.45, 2.75) is 33.7 Å². The lowest BCUT2D eigenvalue weighted by atomic mass is 10.1. The molecule has 1 aromatic heterocycles. The monoisotopic (exact) mass is 306 g/mol.